The van der Waals surface area contributed by atoms with Gasteiger partial charge in [0.15, 0.2) is 0 Å². The number of rotatable bonds is 9. The van der Waals surface area contributed by atoms with Crippen LogP contribution in [0.25, 0.3) is 0 Å². The molecule has 0 spiro atoms. The van der Waals surface area contributed by atoms with Gasteiger partial charge in [-0.2, -0.15) is 0 Å². The minimum Gasteiger partial charge on any atom is -0.494 e. The Morgan fingerprint density at radius 3 is 2.30 bits per heavy atom. The van der Waals surface area contributed by atoms with E-state index in [0.29, 0.717) is 23.6 Å². The Morgan fingerprint density at radius 1 is 1.00 bits per heavy atom. The lowest BCUT2D eigenvalue weighted by Crippen LogP contribution is -2.15. The fourth-order valence-electron chi connectivity index (χ4n) is 2.49. The van der Waals surface area contributed by atoms with Gasteiger partial charge in [0, 0.05) is 23.6 Å². The zero-order valence-electron chi connectivity index (χ0n) is 16.4. The van der Waals surface area contributed by atoms with Gasteiger partial charge in [-0.1, -0.05) is 13.3 Å². The van der Waals surface area contributed by atoms with E-state index in [4.69, 9.17) is 4.74 Å². The maximum Gasteiger partial charge on any atom is 0.264 e. The fourth-order valence-corrected chi connectivity index (χ4v) is 3.45. The molecule has 0 unspecified atom stereocenters. The highest BCUT2D eigenvalue weighted by Crippen LogP contribution is 2.18. The Bertz CT molecular complexity index is 1070. The second-order valence-corrected chi connectivity index (χ2v) is 8.07. The van der Waals surface area contributed by atoms with Gasteiger partial charge >= 0.3 is 0 Å². The van der Waals surface area contributed by atoms with Gasteiger partial charge in [-0.15, -0.1) is 0 Å². The molecule has 3 rings (SSSR count). The van der Waals surface area contributed by atoms with E-state index in [1.54, 1.807) is 30.3 Å². The van der Waals surface area contributed by atoms with Crippen LogP contribution in [0.4, 0.5) is 11.6 Å². The van der Waals surface area contributed by atoms with E-state index < -0.39 is 10.0 Å². The van der Waals surface area contributed by atoms with E-state index in [0.717, 1.165) is 12.8 Å². The van der Waals surface area contributed by atoms with E-state index in [-0.39, 0.29) is 16.8 Å². The van der Waals surface area contributed by atoms with Crippen LogP contribution in [0.2, 0.25) is 0 Å². The largest absolute Gasteiger partial charge is 0.494 e. The molecule has 0 fully saturated rings. The molecule has 1 aromatic heterocycles. The second-order valence-electron chi connectivity index (χ2n) is 6.38. The average Bonchev–Trinajstić information content (AvgIpc) is 2.75. The molecule has 0 saturated carbocycles. The Hall–Kier alpha value is -3.46. The molecule has 0 aliphatic heterocycles. The lowest BCUT2D eigenvalue weighted by molar-refractivity contribution is 0.102. The molecule has 156 valence electrons. The van der Waals surface area contributed by atoms with E-state index in [1.807, 2.05) is 0 Å². The van der Waals surface area contributed by atoms with Crippen LogP contribution >= 0.6 is 0 Å². The van der Waals surface area contributed by atoms with E-state index in [1.165, 1.54) is 36.7 Å². The maximum absolute atomic E-state index is 12.4. The molecular formula is C21H22N4O4S. The van der Waals surface area contributed by atoms with Crippen molar-refractivity contribution in [3.05, 3.63) is 72.6 Å². The maximum atomic E-state index is 12.4. The van der Waals surface area contributed by atoms with Gasteiger partial charge in [0.1, 0.15) is 5.75 Å². The van der Waals surface area contributed by atoms with Crippen molar-refractivity contribution in [1.29, 1.82) is 0 Å². The number of sulfonamides is 1. The van der Waals surface area contributed by atoms with Crippen LogP contribution in [0.1, 0.15) is 30.1 Å². The zero-order chi connectivity index (χ0) is 21.4. The van der Waals surface area contributed by atoms with Crippen LogP contribution in [-0.4, -0.2) is 30.9 Å². The number of nitrogens with one attached hydrogen (secondary N) is 2. The van der Waals surface area contributed by atoms with Gasteiger partial charge in [0.2, 0.25) is 5.95 Å². The number of unbranched alkanes of at least 4 members (excludes halogenated alkanes) is 1. The number of carbonyl (C=O) groups excluding carboxylic acids is 1. The summed E-state index contributed by atoms with van der Waals surface area (Å²) in [5, 5.41) is 2.74. The molecule has 0 aliphatic rings. The molecule has 0 bridgehead atoms. The molecule has 1 amide bonds. The minimum atomic E-state index is -3.83. The molecule has 3 aromatic rings. The summed E-state index contributed by atoms with van der Waals surface area (Å²) in [7, 11) is -3.83. The highest BCUT2D eigenvalue weighted by atomic mass is 32.2. The molecule has 0 atom stereocenters. The summed E-state index contributed by atoms with van der Waals surface area (Å²) < 4.78 is 32.7. The summed E-state index contributed by atoms with van der Waals surface area (Å²) in [5.74, 6) is 0.392. The standard InChI is InChI=1S/C21H22N4O4S/c1-2-3-15-29-18-9-5-16(6-10-18)20(26)24-17-7-11-19(12-8-17)30(27,28)25-21-22-13-4-14-23-21/h4-14H,2-3,15H2,1H3,(H,24,26)(H,22,23,25). The Balaban J connectivity index is 1.61. The Kier molecular flexibility index (Phi) is 6.97. The molecule has 2 aromatic carbocycles. The number of hydrogen-bond acceptors (Lipinski definition) is 6. The van der Waals surface area contributed by atoms with Crippen molar-refractivity contribution in [2.24, 2.45) is 0 Å². The predicted octanol–water partition coefficient (Wildman–Crippen LogP) is 3.71. The van der Waals surface area contributed by atoms with Gasteiger partial charge in [0.05, 0.1) is 11.5 Å². The van der Waals surface area contributed by atoms with Crippen molar-refractivity contribution >= 4 is 27.6 Å². The zero-order valence-corrected chi connectivity index (χ0v) is 17.2. The average molecular weight is 426 g/mol. The van der Waals surface area contributed by atoms with Crippen molar-refractivity contribution in [2.75, 3.05) is 16.6 Å². The second kappa shape index (κ2) is 9.84. The first-order valence-electron chi connectivity index (χ1n) is 9.42. The summed E-state index contributed by atoms with van der Waals surface area (Å²) in [6.45, 7) is 2.73. The number of anilines is 2. The number of benzene rings is 2. The van der Waals surface area contributed by atoms with Gasteiger partial charge < -0.3 is 10.1 Å². The van der Waals surface area contributed by atoms with Crippen LogP contribution in [-0.2, 0) is 10.0 Å². The molecular weight excluding hydrogens is 404 g/mol. The normalized spacial score (nSPS) is 11.0. The predicted molar refractivity (Wildman–Crippen MR) is 114 cm³/mol. The Morgan fingerprint density at radius 2 is 1.67 bits per heavy atom. The third-order valence-electron chi connectivity index (χ3n) is 4.10. The van der Waals surface area contributed by atoms with Crippen LogP contribution in [0.15, 0.2) is 71.9 Å². The van der Waals surface area contributed by atoms with Gasteiger partial charge in [0.25, 0.3) is 15.9 Å². The first kappa shape index (κ1) is 21.3. The summed E-state index contributed by atoms with van der Waals surface area (Å²) in [4.78, 5) is 20.1. The molecule has 2 N–H and O–H groups in total. The lowest BCUT2D eigenvalue weighted by Gasteiger charge is -2.09. The van der Waals surface area contributed by atoms with E-state index in [2.05, 4.69) is 26.9 Å². The molecule has 0 saturated heterocycles. The van der Waals surface area contributed by atoms with Crippen molar-refractivity contribution in [3.63, 3.8) is 0 Å². The van der Waals surface area contributed by atoms with Crippen molar-refractivity contribution < 1.29 is 17.9 Å². The fraction of sp³-hybridized carbons (Fsp3) is 0.190. The van der Waals surface area contributed by atoms with Crippen molar-refractivity contribution in [2.45, 2.75) is 24.7 Å². The third kappa shape index (κ3) is 5.77. The van der Waals surface area contributed by atoms with Crippen LogP contribution < -0.4 is 14.8 Å². The summed E-state index contributed by atoms with van der Waals surface area (Å²) in [6.07, 6.45) is 4.90. The van der Waals surface area contributed by atoms with Crippen LogP contribution in [0.3, 0.4) is 0 Å². The summed E-state index contributed by atoms with van der Waals surface area (Å²) in [6, 6.07) is 14.3. The van der Waals surface area contributed by atoms with Crippen LogP contribution in [0.5, 0.6) is 5.75 Å². The van der Waals surface area contributed by atoms with Crippen LogP contribution in [0, 0.1) is 0 Å². The lowest BCUT2D eigenvalue weighted by atomic mass is 10.2. The third-order valence-corrected chi connectivity index (χ3v) is 5.44. The number of hydrogen-bond donors (Lipinski definition) is 2. The number of aromatic nitrogens is 2. The number of carbonyl (C=O) groups is 1. The summed E-state index contributed by atoms with van der Waals surface area (Å²) >= 11 is 0. The first-order chi connectivity index (χ1) is 14.5. The molecule has 1 heterocycles. The quantitative estimate of drug-likeness (QED) is 0.505. The first-order valence-corrected chi connectivity index (χ1v) is 10.9. The van der Waals surface area contributed by atoms with Gasteiger partial charge in [-0.05, 0) is 61.0 Å². The molecule has 0 radical (unpaired) electrons. The van der Waals surface area contributed by atoms with E-state index in [9.17, 15) is 13.2 Å². The number of nitrogens with zero attached hydrogens (tertiary/aromatic N) is 2. The Labute approximate surface area is 175 Å². The van der Waals surface area contributed by atoms with Gasteiger partial charge in [-0.25, -0.2) is 23.1 Å². The van der Waals surface area contributed by atoms with Gasteiger partial charge in [-0.3, -0.25) is 4.79 Å². The highest BCUT2D eigenvalue weighted by molar-refractivity contribution is 7.92. The molecule has 0 aliphatic carbocycles. The highest BCUT2D eigenvalue weighted by Gasteiger charge is 2.15. The monoisotopic (exact) mass is 426 g/mol. The van der Waals surface area contributed by atoms with Crippen molar-refractivity contribution in [3.8, 4) is 5.75 Å². The molecule has 9 heteroatoms. The van der Waals surface area contributed by atoms with Crippen molar-refractivity contribution in [1.82, 2.24) is 9.97 Å². The minimum absolute atomic E-state index is 0.0167. The van der Waals surface area contributed by atoms with E-state index >= 15 is 0 Å². The molecule has 8 nitrogen and oxygen atoms in total. The SMILES string of the molecule is CCCCOc1ccc(C(=O)Nc2ccc(S(=O)(=O)Nc3ncccn3)cc2)cc1. The summed E-state index contributed by atoms with van der Waals surface area (Å²) in [5.41, 5.74) is 0.940. The topological polar surface area (TPSA) is 110 Å². The molecule has 30 heavy (non-hydrogen) atoms. The number of amides is 1. The smallest absolute Gasteiger partial charge is 0.264 e. The number of ether oxygens (including phenoxy) is 1.